The number of ether oxygens (including phenoxy) is 1. The summed E-state index contributed by atoms with van der Waals surface area (Å²) >= 11 is 11.9. The van der Waals surface area contributed by atoms with Gasteiger partial charge in [-0.2, -0.15) is 8.78 Å². The van der Waals surface area contributed by atoms with E-state index >= 15 is 0 Å². The van der Waals surface area contributed by atoms with Gasteiger partial charge in [0.2, 0.25) is 0 Å². The third-order valence-corrected chi connectivity index (χ3v) is 4.11. The van der Waals surface area contributed by atoms with Crippen LogP contribution in [-0.4, -0.2) is 12.7 Å². The van der Waals surface area contributed by atoms with Crippen LogP contribution in [0.15, 0.2) is 12.1 Å². The fourth-order valence-electron chi connectivity index (χ4n) is 2.64. The Balaban J connectivity index is 2.11. The van der Waals surface area contributed by atoms with Crippen LogP contribution in [0.1, 0.15) is 33.1 Å². The lowest BCUT2D eigenvalue weighted by molar-refractivity contribution is -0.0497. The average molecular weight is 324 g/mol. The molecular formula is C14H17Cl2F2NO. The van der Waals surface area contributed by atoms with Crippen LogP contribution in [0.25, 0.3) is 0 Å². The Kier molecular flexibility index (Phi) is 4.65. The summed E-state index contributed by atoms with van der Waals surface area (Å²) in [5.41, 5.74) is 1.05. The Labute approximate surface area is 127 Å². The molecule has 0 aliphatic heterocycles. The minimum Gasteiger partial charge on any atom is -0.432 e. The van der Waals surface area contributed by atoms with E-state index in [9.17, 15) is 8.78 Å². The fraction of sp³-hybridized carbons (Fsp3) is 0.571. The molecule has 0 heterocycles. The summed E-state index contributed by atoms with van der Waals surface area (Å²) in [7, 11) is 0. The number of rotatable bonds is 4. The lowest BCUT2D eigenvalue weighted by Gasteiger charge is -2.19. The molecule has 1 saturated carbocycles. The lowest BCUT2D eigenvalue weighted by Crippen LogP contribution is -2.17. The zero-order chi connectivity index (χ0) is 14.9. The molecule has 1 fully saturated rings. The van der Waals surface area contributed by atoms with E-state index in [1.807, 2.05) is 0 Å². The van der Waals surface area contributed by atoms with Gasteiger partial charge in [-0.1, -0.05) is 37.0 Å². The Bertz CT molecular complexity index is 471. The Morgan fingerprint density at radius 2 is 1.90 bits per heavy atom. The third kappa shape index (κ3) is 3.89. The molecular weight excluding hydrogens is 307 g/mol. The fourth-order valence-corrected chi connectivity index (χ4v) is 3.22. The maximum absolute atomic E-state index is 12.2. The molecule has 0 aromatic heterocycles. The Morgan fingerprint density at radius 1 is 1.30 bits per heavy atom. The quantitative estimate of drug-likeness (QED) is 0.780. The number of hydrogen-bond acceptors (Lipinski definition) is 2. The van der Waals surface area contributed by atoms with Gasteiger partial charge >= 0.3 is 6.61 Å². The standard InChI is InChI=1S/C14H17Cl2F2NO/c1-14(2)4-3-8(7-14)19-9-5-10(15)12(11(16)6-9)20-13(17)18/h5-6,8,13,19H,3-4,7H2,1-2H3. The number of benzene rings is 1. The lowest BCUT2D eigenvalue weighted by atomic mass is 9.92. The molecule has 6 heteroatoms. The molecule has 0 spiro atoms. The van der Waals surface area contributed by atoms with E-state index in [-0.39, 0.29) is 15.8 Å². The van der Waals surface area contributed by atoms with Crippen LogP contribution < -0.4 is 10.1 Å². The summed E-state index contributed by atoms with van der Waals surface area (Å²) < 4.78 is 28.8. The van der Waals surface area contributed by atoms with Gasteiger partial charge in [-0.3, -0.25) is 0 Å². The summed E-state index contributed by atoms with van der Waals surface area (Å²) in [5.74, 6) is -0.180. The van der Waals surface area contributed by atoms with Crippen molar-refractivity contribution < 1.29 is 13.5 Å². The summed E-state index contributed by atoms with van der Waals surface area (Å²) in [6.07, 6.45) is 3.27. The van der Waals surface area contributed by atoms with Crippen molar-refractivity contribution in [2.45, 2.75) is 45.8 Å². The summed E-state index contributed by atoms with van der Waals surface area (Å²) in [4.78, 5) is 0. The monoisotopic (exact) mass is 323 g/mol. The van der Waals surface area contributed by atoms with E-state index in [0.717, 1.165) is 24.9 Å². The molecule has 1 N–H and O–H groups in total. The topological polar surface area (TPSA) is 21.3 Å². The van der Waals surface area contributed by atoms with Gasteiger partial charge in [0.05, 0.1) is 10.0 Å². The van der Waals surface area contributed by atoms with Crippen LogP contribution in [0.4, 0.5) is 14.5 Å². The molecule has 20 heavy (non-hydrogen) atoms. The number of nitrogens with one attached hydrogen (secondary N) is 1. The molecule has 1 unspecified atom stereocenters. The van der Waals surface area contributed by atoms with Crippen molar-refractivity contribution in [2.24, 2.45) is 5.41 Å². The molecule has 112 valence electrons. The zero-order valence-electron chi connectivity index (χ0n) is 11.4. The SMILES string of the molecule is CC1(C)CCC(Nc2cc(Cl)c(OC(F)F)c(Cl)c2)C1. The van der Waals surface area contributed by atoms with Gasteiger partial charge in [-0.15, -0.1) is 0 Å². The van der Waals surface area contributed by atoms with Gasteiger partial charge in [-0.05, 0) is 36.8 Å². The van der Waals surface area contributed by atoms with Crippen molar-refractivity contribution in [3.8, 4) is 5.75 Å². The van der Waals surface area contributed by atoms with E-state index in [1.54, 1.807) is 12.1 Å². The van der Waals surface area contributed by atoms with Gasteiger partial charge in [0.25, 0.3) is 0 Å². The van der Waals surface area contributed by atoms with Gasteiger partial charge in [-0.25, -0.2) is 0 Å². The molecule has 2 rings (SSSR count). The van der Waals surface area contributed by atoms with Crippen LogP contribution >= 0.6 is 23.2 Å². The molecule has 1 aromatic carbocycles. The van der Waals surface area contributed by atoms with Gasteiger partial charge in [0, 0.05) is 11.7 Å². The van der Waals surface area contributed by atoms with Crippen molar-refractivity contribution in [1.29, 1.82) is 0 Å². The summed E-state index contributed by atoms with van der Waals surface area (Å²) in [6.45, 7) is 1.52. The third-order valence-electron chi connectivity index (χ3n) is 3.54. The summed E-state index contributed by atoms with van der Waals surface area (Å²) in [6, 6.07) is 3.48. The maximum atomic E-state index is 12.2. The number of halogens is 4. The second kappa shape index (κ2) is 5.94. The van der Waals surface area contributed by atoms with Crippen molar-refractivity contribution in [2.75, 3.05) is 5.32 Å². The van der Waals surface area contributed by atoms with Crippen molar-refractivity contribution in [1.82, 2.24) is 0 Å². The molecule has 1 atom stereocenters. The first-order valence-corrected chi connectivity index (χ1v) is 7.23. The highest BCUT2D eigenvalue weighted by Gasteiger charge is 2.30. The molecule has 2 nitrogen and oxygen atoms in total. The number of anilines is 1. The predicted octanol–water partition coefficient (Wildman–Crippen LogP) is 5.59. The molecule has 0 saturated heterocycles. The minimum absolute atomic E-state index is 0.0811. The van der Waals surface area contributed by atoms with E-state index in [0.29, 0.717) is 11.5 Å². The van der Waals surface area contributed by atoms with Crippen molar-refractivity contribution in [3.63, 3.8) is 0 Å². The van der Waals surface area contributed by atoms with Gasteiger partial charge < -0.3 is 10.1 Å². The van der Waals surface area contributed by atoms with Crippen molar-refractivity contribution in [3.05, 3.63) is 22.2 Å². The average Bonchev–Trinajstić information content (AvgIpc) is 2.63. The van der Waals surface area contributed by atoms with Crippen LogP contribution in [0, 0.1) is 5.41 Å². The van der Waals surface area contributed by atoms with Crippen LogP contribution in [0.5, 0.6) is 5.75 Å². The van der Waals surface area contributed by atoms with Gasteiger partial charge in [0.1, 0.15) is 0 Å². The molecule has 1 aliphatic rings. The smallest absolute Gasteiger partial charge is 0.387 e. The second-order valence-electron chi connectivity index (χ2n) is 5.90. The van der Waals surface area contributed by atoms with Gasteiger partial charge in [0.15, 0.2) is 5.75 Å². The predicted molar refractivity (Wildman–Crippen MR) is 78.1 cm³/mol. The highest BCUT2D eigenvalue weighted by molar-refractivity contribution is 6.37. The first-order chi connectivity index (χ1) is 9.27. The molecule has 1 aromatic rings. The van der Waals surface area contributed by atoms with Crippen LogP contribution in [0.3, 0.4) is 0 Å². The Morgan fingerprint density at radius 3 is 2.35 bits per heavy atom. The van der Waals surface area contributed by atoms with Crippen molar-refractivity contribution >= 4 is 28.9 Å². The number of alkyl halides is 2. The highest BCUT2D eigenvalue weighted by atomic mass is 35.5. The van der Waals surface area contributed by atoms with Crippen LogP contribution in [0.2, 0.25) is 10.0 Å². The Hall–Kier alpha value is -0.740. The van der Waals surface area contributed by atoms with Crippen LogP contribution in [-0.2, 0) is 0 Å². The molecule has 1 aliphatic carbocycles. The number of hydrogen-bond donors (Lipinski definition) is 1. The molecule has 0 amide bonds. The summed E-state index contributed by atoms with van der Waals surface area (Å²) in [5, 5.41) is 3.51. The largest absolute Gasteiger partial charge is 0.432 e. The van der Waals surface area contributed by atoms with E-state index in [4.69, 9.17) is 23.2 Å². The van der Waals surface area contributed by atoms with E-state index in [2.05, 4.69) is 23.9 Å². The maximum Gasteiger partial charge on any atom is 0.387 e. The minimum atomic E-state index is -2.94. The molecule has 0 radical (unpaired) electrons. The van der Waals surface area contributed by atoms with E-state index in [1.165, 1.54) is 0 Å². The second-order valence-corrected chi connectivity index (χ2v) is 6.71. The van der Waals surface area contributed by atoms with E-state index < -0.39 is 6.61 Å². The molecule has 0 bridgehead atoms. The highest BCUT2D eigenvalue weighted by Crippen LogP contribution is 2.40. The normalized spacial score (nSPS) is 21.2. The first-order valence-electron chi connectivity index (χ1n) is 6.47. The zero-order valence-corrected chi connectivity index (χ0v) is 12.9. The first kappa shape index (κ1) is 15.6.